The van der Waals surface area contributed by atoms with Gasteiger partial charge in [0.2, 0.25) is 0 Å². The highest BCUT2D eigenvalue weighted by atomic mass is 14.9. The Bertz CT molecular complexity index is 684. The molecule has 2 heterocycles. The summed E-state index contributed by atoms with van der Waals surface area (Å²) in [6, 6.07) is 2.12. The highest BCUT2D eigenvalue weighted by Crippen LogP contribution is 2.62. The lowest BCUT2D eigenvalue weighted by atomic mass is 9.96. The van der Waals surface area contributed by atoms with E-state index in [9.17, 15) is 0 Å². The maximum Gasteiger partial charge on any atom is 0.125 e. The van der Waals surface area contributed by atoms with E-state index in [-0.39, 0.29) is 5.41 Å². The third-order valence-electron chi connectivity index (χ3n) is 4.29. The molecule has 1 saturated carbocycles. The van der Waals surface area contributed by atoms with Gasteiger partial charge in [0.1, 0.15) is 5.82 Å². The van der Waals surface area contributed by atoms with Gasteiger partial charge >= 0.3 is 0 Å². The van der Waals surface area contributed by atoms with Crippen LogP contribution in [-0.4, -0.2) is 15.0 Å². The van der Waals surface area contributed by atoms with Gasteiger partial charge in [0, 0.05) is 28.6 Å². The monoisotopic (exact) mass is 237 g/mol. The van der Waals surface area contributed by atoms with Crippen LogP contribution in [0.4, 0.5) is 0 Å². The van der Waals surface area contributed by atoms with Crippen molar-refractivity contribution in [2.24, 2.45) is 0 Å². The second kappa shape index (κ2) is 2.97. The zero-order chi connectivity index (χ0) is 12.5. The number of hydrogen-bond donors (Lipinski definition) is 0. The topological polar surface area (TPSA) is 38.7 Å². The molecule has 2 aromatic rings. The third-order valence-corrected chi connectivity index (χ3v) is 4.29. The summed E-state index contributed by atoms with van der Waals surface area (Å²) >= 11 is 0. The minimum Gasteiger partial charge on any atom is -0.261 e. The van der Waals surface area contributed by atoms with E-state index in [1.54, 1.807) is 0 Å². The Morgan fingerprint density at radius 3 is 2.56 bits per heavy atom. The molecule has 2 aliphatic rings. The van der Waals surface area contributed by atoms with E-state index in [2.05, 4.69) is 29.9 Å². The molecule has 0 saturated heterocycles. The quantitative estimate of drug-likeness (QED) is 0.707. The summed E-state index contributed by atoms with van der Waals surface area (Å²) in [6.45, 7) is 6.19. The van der Waals surface area contributed by atoms with Crippen LogP contribution >= 0.6 is 0 Å². The van der Waals surface area contributed by atoms with Gasteiger partial charge in [-0.3, -0.25) is 4.98 Å². The zero-order valence-electron chi connectivity index (χ0n) is 10.9. The molecule has 4 rings (SSSR count). The Labute approximate surface area is 106 Å². The van der Waals surface area contributed by atoms with Crippen LogP contribution in [0.5, 0.6) is 0 Å². The molecule has 1 spiro atoms. The van der Waals surface area contributed by atoms with Gasteiger partial charge < -0.3 is 0 Å². The van der Waals surface area contributed by atoms with Gasteiger partial charge in [0.25, 0.3) is 0 Å². The van der Waals surface area contributed by atoms with Gasteiger partial charge in [-0.1, -0.05) is 0 Å². The first kappa shape index (κ1) is 10.2. The highest BCUT2D eigenvalue weighted by Gasteiger charge is 2.55. The summed E-state index contributed by atoms with van der Waals surface area (Å²) in [5.41, 5.74) is 7.66. The van der Waals surface area contributed by atoms with Crippen molar-refractivity contribution in [3.05, 3.63) is 40.7 Å². The van der Waals surface area contributed by atoms with Crippen molar-refractivity contribution in [3.63, 3.8) is 0 Å². The van der Waals surface area contributed by atoms with E-state index in [0.717, 1.165) is 17.2 Å². The number of aryl methyl sites for hydroxylation is 3. The Morgan fingerprint density at radius 2 is 1.83 bits per heavy atom. The summed E-state index contributed by atoms with van der Waals surface area (Å²) in [5, 5.41) is 0. The first-order chi connectivity index (χ1) is 8.63. The molecule has 2 aromatic heterocycles. The van der Waals surface area contributed by atoms with Gasteiger partial charge in [-0.25, -0.2) is 9.97 Å². The number of rotatable bonds is 0. The highest BCUT2D eigenvalue weighted by molar-refractivity contribution is 5.83. The number of fused-ring (bicyclic) bond motifs is 5. The Kier molecular flexibility index (Phi) is 1.68. The fourth-order valence-corrected chi connectivity index (χ4v) is 3.49. The molecule has 3 nitrogen and oxygen atoms in total. The van der Waals surface area contributed by atoms with Crippen LogP contribution in [0.3, 0.4) is 0 Å². The van der Waals surface area contributed by atoms with Crippen molar-refractivity contribution < 1.29 is 0 Å². The lowest BCUT2D eigenvalue weighted by Crippen LogP contribution is -2.10. The Morgan fingerprint density at radius 1 is 1.06 bits per heavy atom. The average molecular weight is 237 g/mol. The molecular weight excluding hydrogens is 222 g/mol. The fourth-order valence-electron chi connectivity index (χ4n) is 3.49. The van der Waals surface area contributed by atoms with Gasteiger partial charge in [-0.05, 0) is 50.8 Å². The van der Waals surface area contributed by atoms with Crippen LogP contribution in [0.15, 0.2) is 12.3 Å². The molecule has 3 heteroatoms. The van der Waals surface area contributed by atoms with Crippen LogP contribution < -0.4 is 0 Å². The normalized spacial score (nSPS) is 17.7. The van der Waals surface area contributed by atoms with Crippen molar-refractivity contribution in [1.29, 1.82) is 0 Å². The fraction of sp³-hybridized carbons (Fsp3) is 0.400. The smallest absolute Gasteiger partial charge is 0.125 e. The van der Waals surface area contributed by atoms with Gasteiger partial charge in [0.05, 0.1) is 5.69 Å². The predicted molar refractivity (Wildman–Crippen MR) is 69.5 cm³/mol. The second-order valence-corrected chi connectivity index (χ2v) is 5.48. The van der Waals surface area contributed by atoms with Crippen LogP contribution in [0.25, 0.3) is 11.1 Å². The molecule has 90 valence electrons. The molecule has 0 atom stereocenters. The van der Waals surface area contributed by atoms with Crippen molar-refractivity contribution >= 4 is 0 Å². The Hall–Kier alpha value is -1.77. The number of pyridine rings is 1. The minimum absolute atomic E-state index is 0.168. The van der Waals surface area contributed by atoms with Crippen LogP contribution in [-0.2, 0) is 5.41 Å². The minimum atomic E-state index is 0.168. The molecule has 0 aromatic carbocycles. The molecule has 0 aliphatic heterocycles. The first-order valence-corrected chi connectivity index (χ1v) is 6.46. The van der Waals surface area contributed by atoms with E-state index >= 15 is 0 Å². The lowest BCUT2D eigenvalue weighted by molar-refractivity contribution is 0.796. The van der Waals surface area contributed by atoms with Crippen LogP contribution in [0.1, 0.15) is 41.3 Å². The summed E-state index contributed by atoms with van der Waals surface area (Å²) < 4.78 is 0. The molecule has 18 heavy (non-hydrogen) atoms. The zero-order valence-corrected chi connectivity index (χ0v) is 10.9. The van der Waals surface area contributed by atoms with Crippen LogP contribution in [0.2, 0.25) is 0 Å². The van der Waals surface area contributed by atoms with Gasteiger partial charge in [-0.2, -0.15) is 0 Å². The molecule has 1 fully saturated rings. The number of hydrogen-bond acceptors (Lipinski definition) is 3. The van der Waals surface area contributed by atoms with E-state index in [1.807, 2.05) is 13.1 Å². The predicted octanol–water partition coefficient (Wildman–Crippen LogP) is 2.86. The lowest BCUT2D eigenvalue weighted by Gasteiger charge is -2.11. The molecule has 0 unspecified atom stereocenters. The van der Waals surface area contributed by atoms with Crippen molar-refractivity contribution in [2.75, 3.05) is 0 Å². The van der Waals surface area contributed by atoms with E-state index < -0.39 is 0 Å². The first-order valence-electron chi connectivity index (χ1n) is 6.46. The van der Waals surface area contributed by atoms with Crippen molar-refractivity contribution in [3.8, 4) is 11.1 Å². The van der Waals surface area contributed by atoms with Gasteiger partial charge in [0.15, 0.2) is 0 Å². The standard InChI is InChI=1S/C15H15N3/c1-8-12-11-4-7-16-9(2)13(11)15(5-6-15)14(12)18-10(3)17-8/h4,7H,5-6H2,1-3H3. The number of aromatic nitrogens is 3. The molecule has 0 N–H and O–H groups in total. The average Bonchev–Trinajstić information content (AvgIpc) is 3.03. The van der Waals surface area contributed by atoms with E-state index in [0.29, 0.717) is 0 Å². The summed E-state index contributed by atoms with van der Waals surface area (Å²) in [4.78, 5) is 13.8. The molecule has 2 aliphatic carbocycles. The summed E-state index contributed by atoms with van der Waals surface area (Å²) in [6.07, 6.45) is 4.31. The molecular formula is C15H15N3. The number of nitrogens with zero attached hydrogens (tertiary/aromatic N) is 3. The maximum atomic E-state index is 4.75. The van der Waals surface area contributed by atoms with Crippen molar-refractivity contribution in [1.82, 2.24) is 15.0 Å². The molecule has 0 bridgehead atoms. The molecule has 0 radical (unpaired) electrons. The summed E-state index contributed by atoms with van der Waals surface area (Å²) in [5.74, 6) is 0.885. The van der Waals surface area contributed by atoms with Crippen molar-refractivity contribution in [2.45, 2.75) is 39.0 Å². The second-order valence-electron chi connectivity index (χ2n) is 5.48. The summed E-state index contributed by atoms with van der Waals surface area (Å²) in [7, 11) is 0. The van der Waals surface area contributed by atoms with E-state index in [1.165, 1.54) is 35.2 Å². The van der Waals surface area contributed by atoms with Crippen LogP contribution in [0, 0.1) is 20.8 Å². The maximum absolute atomic E-state index is 4.75. The SMILES string of the molecule is Cc1nc(C)c2c(n1)C1(CC1)c1c-2ccnc1C. The molecule has 0 amide bonds. The largest absolute Gasteiger partial charge is 0.261 e. The van der Waals surface area contributed by atoms with Gasteiger partial charge in [-0.15, -0.1) is 0 Å². The van der Waals surface area contributed by atoms with E-state index in [4.69, 9.17) is 4.98 Å². The Balaban J connectivity index is 2.16. The third kappa shape index (κ3) is 1.03.